The molecular weight excluding hydrogens is 108 g/mol. The normalized spacial score (nSPS) is 78.2. The average molecular weight is 118 g/mol. The Morgan fingerprint density at radius 3 is 2.67 bits per heavy atom. The van der Waals surface area contributed by atoms with E-state index < -0.39 is 0 Å². The zero-order valence-corrected chi connectivity index (χ0v) is 5.33. The molecule has 0 heterocycles. The molecule has 4 atom stereocenters. The molecule has 0 radical (unpaired) electrons. The average Bonchev–Trinajstić information content (AvgIpc) is 2.51. The molecule has 46 valence electrons. The second kappa shape index (κ2) is 0.817. The molecule has 0 aromatic heterocycles. The van der Waals surface area contributed by atoms with E-state index in [0.717, 1.165) is 11.8 Å². The SMILES string of the molecule is C1=CC2C(C1)C1C3C2C13. The number of rotatable bonds is 0. The fourth-order valence-electron chi connectivity index (χ4n) is 3.74. The fourth-order valence-corrected chi connectivity index (χ4v) is 3.74. The Bertz CT molecular complexity index is 206. The Hall–Kier alpha value is -0.260. The van der Waals surface area contributed by atoms with Gasteiger partial charge in [0.15, 0.2) is 0 Å². The summed E-state index contributed by atoms with van der Waals surface area (Å²) >= 11 is 0. The molecule has 0 spiro atoms. The van der Waals surface area contributed by atoms with Crippen LogP contribution in [0.5, 0.6) is 0 Å². The maximum Gasteiger partial charge on any atom is -0.0165 e. The zero-order valence-electron chi connectivity index (χ0n) is 5.33. The lowest BCUT2D eigenvalue weighted by Gasteiger charge is -2.04. The lowest BCUT2D eigenvalue weighted by atomic mass is 10.0. The van der Waals surface area contributed by atoms with E-state index in [1.165, 1.54) is 30.1 Å². The standard InChI is InChI=1S/C9H10/c1-2-4-5(3-1)7-8-6(4)9(7)8/h1-2,4-9H,3H2. The lowest BCUT2D eigenvalue weighted by molar-refractivity contribution is 0.478. The Labute approximate surface area is 54.9 Å². The minimum atomic E-state index is 1.07. The second-order valence-corrected chi connectivity index (χ2v) is 4.21. The summed E-state index contributed by atoms with van der Waals surface area (Å²) in [4.78, 5) is 0. The van der Waals surface area contributed by atoms with Gasteiger partial charge in [0.1, 0.15) is 0 Å². The van der Waals surface area contributed by atoms with E-state index in [2.05, 4.69) is 12.2 Å². The molecule has 4 saturated carbocycles. The molecule has 0 N–H and O–H groups in total. The van der Waals surface area contributed by atoms with Crippen molar-refractivity contribution in [3.63, 3.8) is 0 Å². The highest BCUT2D eigenvalue weighted by Crippen LogP contribution is 2.87. The van der Waals surface area contributed by atoms with Crippen LogP contribution >= 0.6 is 0 Å². The number of allylic oxidation sites excluding steroid dienone is 2. The number of hydrogen-bond donors (Lipinski definition) is 0. The molecular formula is C9H10. The summed E-state index contributed by atoms with van der Waals surface area (Å²) in [6, 6.07) is 0. The van der Waals surface area contributed by atoms with Crippen LogP contribution in [0.2, 0.25) is 0 Å². The van der Waals surface area contributed by atoms with Gasteiger partial charge in [-0.1, -0.05) is 12.2 Å². The van der Waals surface area contributed by atoms with E-state index in [1.807, 2.05) is 0 Å². The molecule has 5 aliphatic rings. The molecule has 5 rings (SSSR count). The van der Waals surface area contributed by atoms with Crippen LogP contribution < -0.4 is 0 Å². The minimum Gasteiger partial charge on any atom is -0.0879 e. The van der Waals surface area contributed by atoms with Gasteiger partial charge in [-0.15, -0.1) is 0 Å². The summed E-state index contributed by atoms with van der Waals surface area (Å²) in [5, 5.41) is 0. The predicted octanol–water partition coefficient (Wildman–Crippen LogP) is 1.68. The zero-order chi connectivity index (χ0) is 5.59. The second-order valence-electron chi connectivity index (χ2n) is 4.21. The van der Waals surface area contributed by atoms with Crippen LogP contribution in [0.3, 0.4) is 0 Å². The Balaban J connectivity index is 1.92. The summed E-state index contributed by atoms with van der Waals surface area (Å²) < 4.78 is 0. The third kappa shape index (κ3) is 0.224. The monoisotopic (exact) mass is 118 g/mol. The molecule has 0 aromatic carbocycles. The molecule has 2 bridgehead atoms. The maximum atomic E-state index is 2.50. The van der Waals surface area contributed by atoms with Gasteiger partial charge >= 0.3 is 0 Å². The lowest BCUT2D eigenvalue weighted by Crippen LogP contribution is -1.98. The number of hydrogen-bond acceptors (Lipinski definition) is 0. The quantitative estimate of drug-likeness (QED) is 0.424. The summed E-state index contributed by atoms with van der Waals surface area (Å²) in [5.41, 5.74) is 0. The third-order valence-corrected chi connectivity index (χ3v) is 4.14. The molecule has 5 aliphatic carbocycles. The maximum absolute atomic E-state index is 2.50. The van der Waals surface area contributed by atoms with E-state index in [9.17, 15) is 0 Å². The minimum absolute atomic E-state index is 1.07. The van der Waals surface area contributed by atoms with Crippen molar-refractivity contribution in [2.75, 3.05) is 0 Å². The van der Waals surface area contributed by atoms with Gasteiger partial charge in [-0.3, -0.25) is 0 Å². The van der Waals surface area contributed by atoms with Crippen LogP contribution in [0.1, 0.15) is 6.42 Å². The Kier molecular flexibility index (Phi) is 0.345. The van der Waals surface area contributed by atoms with Gasteiger partial charge in [0.05, 0.1) is 0 Å². The van der Waals surface area contributed by atoms with Gasteiger partial charge in [0.25, 0.3) is 0 Å². The topological polar surface area (TPSA) is 0 Å². The first-order valence-corrected chi connectivity index (χ1v) is 4.15. The molecule has 0 heteroatoms. The van der Waals surface area contributed by atoms with Crippen LogP contribution in [-0.2, 0) is 0 Å². The van der Waals surface area contributed by atoms with Crippen molar-refractivity contribution in [2.24, 2.45) is 35.5 Å². The first-order valence-electron chi connectivity index (χ1n) is 4.15. The van der Waals surface area contributed by atoms with Crippen molar-refractivity contribution in [1.29, 1.82) is 0 Å². The molecule has 0 nitrogen and oxygen atoms in total. The van der Waals surface area contributed by atoms with Crippen molar-refractivity contribution >= 4 is 0 Å². The molecule has 0 aliphatic heterocycles. The first-order chi connectivity index (χ1) is 4.48. The molecule has 4 fully saturated rings. The van der Waals surface area contributed by atoms with E-state index in [0.29, 0.717) is 0 Å². The summed E-state index contributed by atoms with van der Waals surface area (Å²) in [6.07, 6.45) is 6.33. The van der Waals surface area contributed by atoms with E-state index in [1.54, 1.807) is 0 Å². The van der Waals surface area contributed by atoms with E-state index >= 15 is 0 Å². The van der Waals surface area contributed by atoms with Crippen LogP contribution in [0, 0.1) is 35.5 Å². The van der Waals surface area contributed by atoms with Crippen LogP contribution in [-0.4, -0.2) is 0 Å². The summed E-state index contributed by atoms with van der Waals surface area (Å²) in [7, 11) is 0. The third-order valence-electron chi connectivity index (χ3n) is 4.14. The molecule has 0 aromatic rings. The molecule has 9 heavy (non-hydrogen) atoms. The van der Waals surface area contributed by atoms with Crippen molar-refractivity contribution in [3.05, 3.63) is 12.2 Å². The van der Waals surface area contributed by atoms with Gasteiger partial charge in [0.2, 0.25) is 0 Å². The largest absolute Gasteiger partial charge is 0.0879 e. The Morgan fingerprint density at radius 2 is 1.89 bits per heavy atom. The molecule has 4 unspecified atom stereocenters. The van der Waals surface area contributed by atoms with Gasteiger partial charge in [-0.25, -0.2) is 0 Å². The highest BCUT2D eigenvalue weighted by Gasteiger charge is 2.83. The van der Waals surface area contributed by atoms with Gasteiger partial charge in [-0.05, 0) is 41.9 Å². The fraction of sp³-hybridized carbons (Fsp3) is 0.778. The van der Waals surface area contributed by atoms with Crippen molar-refractivity contribution in [3.8, 4) is 0 Å². The molecule has 0 amide bonds. The van der Waals surface area contributed by atoms with E-state index in [-0.39, 0.29) is 0 Å². The predicted molar refractivity (Wildman–Crippen MR) is 34.7 cm³/mol. The highest BCUT2D eigenvalue weighted by atomic mass is 14.9. The molecule has 0 saturated heterocycles. The van der Waals surface area contributed by atoms with E-state index in [4.69, 9.17) is 0 Å². The van der Waals surface area contributed by atoms with Crippen LogP contribution in [0.15, 0.2) is 12.2 Å². The van der Waals surface area contributed by atoms with Gasteiger partial charge in [0, 0.05) is 0 Å². The Morgan fingerprint density at radius 1 is 1.00 bits per heavy atom. The first kappa shape index (κ1) is 3.80. The summed E-state index contributed by atoms with van der Waals surface area (Å²) in [5.74, 6) is 7.17. The van der Waals surface area contributed by atoms with Crippen LogP contribution in [0.25, 0.3) is 0 Å². The van der Waals surface area contributed by atoms with Gasteiger partial charge < -0.3 is 0 Å². The highest BCUT2D eigenvalue weighted by molar-refractivity contribution is 5.35. The van der Waals surface area contributed by atoms with Gasteiger partial charge in [-0.2, -0.15) is 0 Å². The smallest absolute Gasteiger partial charge is 0.0165 e. The summed E-state index contributed by atoms with van der Waals surface area (Å²) in [6.45, 7) is 0. The van der Waals surface area contributed by atoms with Crippen molar-refractivity contribution in [1.82, 2.24) is 0 Å². The van der Waals surface area contributed by atoms with Crippen molar-refractivity contribution in [2.45, 2.75) is 6.42 Å². The van der Waals surface area contributed by atoms with Crippen LogP contribution in [0.4, 0.5) is 0 Å². The van der Waals surface area contributed by atoms with Crippen molar-refractivity contribution < 1.29 is 0 Å².